The predicted octanol–water partition coefficient (Wildman–Crippen LogP) is 2.71. The van der Waals surface area contributed by atoms with Gasteiger partial charge in [-0.05, 0) is 29.8 Å². The van der Waals surface area contributed by atoms with Crippen LogP contribution >= 0.6 is 0 Å². The lowest BCUT2D eigenvalue weighted by molar-refractivity contribution is 0.305. The van der Waals surface area contributed by atoms with E-state index >= 15 is 0 Å². The molecule has 5 heteroatoms. The van der Waals surface area contributed by atoms with Gasteiger partial charge in [0.1, 0.15) is 24.0 Å². The summed E-state index contributed by atoms with van der Waals surface area (Å²) in [6.45, 7) is 0.0536. The molecule has 0 amide bonds. The fraction of sp³-hybridized carbons (Fsp3) is 0.0769. The second-order valence-corrected chi connectivity index (χ2v) is 3.86. The van der Waals surface area contributed by atoms with Gasteiger partial charge in [-0.2, -0.15) is 0 Å². The number of halogens is 2. The Kier molecular flexibility index (Phi) is 3.32. The topological polar surface area (TPSA) is 61.3 Å². The minimum atomic E-state index is -0.634. The summed E-state index contributed by atoms with van der Waals surface area (Å²) in [5, 5.41) is 0. The third-order valence-corrected chi connectivity index (χ3v) is 2.39. The molecule has 4 N–H and O–H groups in total. The van der Waals surface area contributed by atoms with Crippen LogP contribution in [0.5, 0.6) is 5.75 Å². The Hall–Kier alpha value is -2.30. The highest BCUT2D eigenvalue weighted by Gasteiger charge is 2.03. The van der Waals surface area contributed by atoms with Crippen molar-refractivity contribution in [1.29, 1.82) is 0 Å². The zero-order valence-corrected chi connectivity index (χ0v) is 9.49. The van der Waals surface area contributed by atoms with Crippen molar-refractivity contribution in [1.82, 2.24) is 0 Å². The van der Waals surface area contributed by atoms with Crippen molar-refractivity contribution < 1.29 is 13.5 Å². The first-order chi connectivity index (χ1) is 8.54. The minimum absolute atomic E-state index is 0.0536. The molecule has 94 valence electrons. The largest absolute Gasteiger partial charge is 0.489 e. The Labute approximate surface area is 103 Å². The molecular formula is C13H12F2N2O. The van der Waals surface area contributed by atoms with Crippen molar-refractivity contribution in [3.8, 4) is 5.75 Å². The molecule has 0 aliphatic carbocycles. The van der Waals surface area contributed by atoms with Crippen LogP contribution in [0.3, 0.4) is 0 Å². The van der Waals surface area contributed by atoms with Crippen LogP contribution < -0.4 is 16.2 Å². The summed E-state index contributed by atoms with van der Waals surface area (Å²) in [6.07, 6.45) is 0. The van der Waals surface area contributed by atoms with Gasteiger partial charge in [0.15, 0.2) is 0 Å². The van der Waals surface area contributed by atoms with E-state index in [9.17, 15) is 8.78 Å². The van der Waals surface area contributed by atoms with E-state index in [4.69, 9.17) is 16.2 Å². The Morgan fingerprint density at radius 2 is 1.56 bits per heavy atom. The molecule has 0 unspecified atom stereocenters. The molecule has 0 heterocycles. The number of benzene rings is 2. The maximum Gasteiger partial charge on any atom is 0.126 e. The molecule has 0 radical (unpaired) electrons. The van der Waals surface area contributed by atoms with Crippen LogP contribution in [0.15, 0.2) is 36.4 Å². The Bertz CT molecular complexity index is 553. The lowest BCUT2D eigenvalue weighted by atomic mass is 10.2. The highest BCUT2D eigenvalue weighted by molar-refractivity contribution is 5.65. The summed E-state index contributed by atoms with van der Waals surface area (Å²) < 4.78 is 31.2. The standard InChI is InChI=1S/C13H12F2N2O/c14-9-3-8(4-10(15)5-9)7-18-11-1-2-12(16)13(17)6-11/h1-6H,7,16-17H2. The third kappa shape index (κ3) is 2.88. The van der Waals surface area contributed by atoms with Gasteiger partial charge in [-0.25, -0.2) is 8.78 Å². The lowest BCUT2D eigenvalue weighted by Gasteiger charge is -2.08. The SMILES string of the molecule is Nc1ccc(OCc2cc(F)cc(F)c2)cc1N. The van der Waals surface area contributed by atoms with Crippen molar-refractivity contribution in [3.05, 3.63) is 53.6 Å². The van der Waals surface area contributed by atoms with Crippen molar-refractivity contribution in [2.24, 2.45) is 0 Å². The van der Waals surface area contributed by atoms with Gasteiger partial charge in [-0.1, -0.05) is 0 Å². The monoisotopic (exact) mass is 250 g/mol. The van der Waals surface area contributed by atoms with Gasteiger partial charge in [-0.3, -0.25) is 0 Å². The number of rotatable bonds is 3. The van der Waals surface area contributed by atoms with Gasteiger partial charge < -0.3 is 16.2 Å². The Morgan fingerprint density at radius 1 is 0.889 bits per heavy atom. The maximum absolute atomic E-state index is 12.9. The van der Waals surface area contributed by atoms with E-state index in [0.29, 0.717) is 22.7 Å². The molecule has 0 saturated carbocycles. The summed E-state index contributed by atoms with van der Waals surface area (Å²) in [6, 6.07) is 8.04. The summed E-state index contributed by atoms with van der Waals surface area (Å²) in [5.74, 6) is -0.776. The van der Waals surface area contributed by atoms with E-state index < -0.39 is 11.6 Å². The number of ether oxygens (including phenoxy) is 1. The zero-order valence-electron chi connectivity index (χ0n) is 9.49. The number of nitrogens with two attached hydrogens (primary N) is 2. The van der Waals surface area contributed by atoms with Crippen molar-refractivity contribution >= 4 is 11.4 Å². The molecule has 2 aromatic rings. The normalized spacial score (nSPS) is 10.3. The molecule has 3 nitrogen and oxygen atoms in total. The molecule has 2 rings (SSSR count). The zero-order chi connectivity index (χ0) is 13.1. The highest BCUT2D eigenvalue weighted by atomic mass is 19.1. The Balaban J connectivity index is 2.08. The number of anilines is 2. The molecular weight excluding hydrogens is 238 g/mol. The fourth-order valence-corrected chi connectivity index (χ4v) is 1.50. The molecule has 0 bridgehead atoms. The quantitative estimate of drug-likeness (QED) is 0.823. The van der Waals surface area contributed by atoms with Crippen molar-refractivity contribution in [2.75, 3.05) is 11.5 Å². The van der Waals surface area contributed by atoms with Crippen molar-refractivity contribution in [3.63, 3.8) is 0 Å². The average molecular weight is 250 g/mol. The van der Waals surface area contributed by atoms with Gasteiger partial charge in [0.05, 0.1) is 11.4 Å². The summed E-state index contributed by atoms with van der Waals surface area (Å²) in [4.78, 5) is 0. The van der Waals surface area contributed by atoms with Crippen LogP contribution in [-0.4, -0.2) is 0 Å². The first-order valence-corrected chi connectivity index (χ1v) is 5.27. The molecule has 2 aromatic carbocycles. The van der Waals surface area contributed by atoms with Gasteiger partial charge in [0.25, 0.3) is 0 Å². The Morgan fingerprint density at radius 3 is 2.17 bits per heavy atom. The van der Waals surface area contributed by atoms with E-state index in [-0.39, 0.29) is 6.61 Å². The molecule has 0 spiro atoms. The molecule has 0 aliphatic rings. The third-order valence-electron chi connectivity index (χ3n) is 2.39. The fourth-order valence-electron chi connectivity index (χ4n) is 1.50. The number of nitrogen functional groups attached to an aromatic ring is 2. The van der Waals surface area contributed by atoms with E-state index in [1.165, 1.54) is 12.1 Å². The van der Waals surface area contributed by atoms with E-state index in [1.54, 1.807) is 18.2 Å². The molecule has 18 heavy (non-hydrogen) atoms. The van der Waals surface area contributed by atoms with Gasteiger partial charge in [-0.15, -0.1) is 0 Å². The molecule has 0 aromatic heterocycles. The molecule has 0 atom stereocenters. The summed E-state index contributed by atoms with van der Waals surface area (Å²) >= 11 is 0. The predicted molar refractivity (Wildman–Crippen MR) is 66.0 cm³/mol. The van der Waals surface area contributed by atoms with Crippen LogP contribution in [0.4, 0.5) is 20.2 Å². The molecule has 0 aliphatic heterocycles. The number of hydrogen-bond acceptors (Lipinski definition) is 3. The van der Waals surface area contributed by atoms with E-state index in [2.05, 4.69) is 0 Å². The first-order valence-electron chi connectivity index (χ1n) is 5.27. The van der Waals surface area contributed by atoms with Gasteiger partial charge in [0.2, 0.25) is 0 Å². The summed E-state index contributed by atoms with van der Waals surface area (Å²) in [7, 11) is 0. The highest BCUT2D eigenvalue weighted by Crippen LogP contribution is 2.22. The average Bonchev–Trinajstić information content (AvgIpc) is 2.29. The first kappa shape index (κ1) is 12.2. The number of hydrogen-bond donors (Lipinski definition) is 2. The maximum atomic E-state index is 12.9. The van der Waals surface area contributed by atoms with Crippen LogP contribution in [0, 0.1) is 11.6 Å². The van der Waals surface area contributed by atoms with Crippen LogP contribution in [0.1, 0.15) is 5.56 Å². The van der Waals surface area contributed by atoms with Crippen LogP contribution in [0.25, 0.3) is 0 Å². The van der Waals surface area contributed by atoms with E-state index in [0.717, 1.165) is 6.07 Å². The van der Waals surface area contributed by atoms with E-state index in [1.807, 2.05) is 0 Å². The second kappa shape index (κ2) is 4.91. The van der Waals surface area contributed by atoms with Gasteiger partial charge in [0, 0.05) is 12.1 Å². The second-order valence-electron chi connectivity index (χ2n) is 3.86. The van der Waals surface area contributed by atoms with Crippen LogP contribution in [-0.2, 0) is 6.61 Å². The smallest absolute Gasteiger partial charge is 0.126 e. The summed E-state index contributed by atoms with van der Waals surface area (Å²) in [5.41, 5.74) is 12.4. The minimum Gasteiger partial charge on any atom is -0.489 e. The van der Waals surface area contributed by atoms with Gasteiger partial charge >= 0.3 is 0 Å². The lowest BCUT2D eigenvalue weighted by Crippen LogP contribution is -1.99. The molecule has 0 fully saturated rings. The molecule has 0 saturated heterocycles. The van der Waals surface area contributed by atoms with Crippen molar-refractivity contribution in [2.45, 2.75) is 6.61 Å². The van der Waals surface area contributed by atoms with Crippen LogP contribution in [0.2, 0.25) is 0 Å².